The number of hydrogen-bond donors (Lipinski definition) is 2. The number of guanidine groups is 1. The summed E-state index contributed by atoms with van der Waals surface area (Å²) in [5.74, 6) is 2.35. The van der Waals surface area contributed by atoms with Gasteiger partial charge < -0.3 is 15.4 Å². The fourth-order valence-electron chi connectivity index (χ4n) is 2.95. The maximum absolute atomic E-state index is 5.67. The molecule has 2 aliphatic carbocycles. The summed E-state index contributed by atoms with van der Waals surface area (Å²) in [5, 5.41) is 7.69. The molecule has 3 rings (SSSR count). The van der Waals surface area contributed by atoms with Gasteiger partial charge in [0, 0.05) is 37.1 Å². The Morgan fingerprint density at radius 1 is 1.32 bits per heavy atom. The van der Waals surface area contributed by atoms with Crippen molar-refractivity contribution in [1.82, 2.24) is 15.6 Å². The minimum absolute atomic E-state index is 0. The molecule has 140 valence electrons. The Bertz CT molecular complexity index is 551. The highest BCUT2D eigenvalue weighted by Gasteiger charge is 2.24. The SMILES string of the molecule is CN=C(NCc1ccc(OCC2CC2)nc1)NC1CCC(SC)C1.I. The molecule has 1 aromatic rings. The highest BCUT2D eigenvalue weighted by atomic mass is 127. The van der Waals surface area contributed by atoms with E-state index in [4.69, 9.17) is 4.74 Å². The van der Waals surface area contributed by atoms with E-state index in [0.717, 1.165) is 35.2 Å². The van der Waals surface area contributed by atoms with Crippen LogP contribution in [0.25, 0.3) is 0 Å². The standard InChI is InChI=1S/C18H28N4OS.HI/c1-19-18(22-15-6-7-16(9-15)24-2)21-11-14-5-8-17(20-10-14)23-12-13-3-4-13;/h5,8,10,13,15-16H,3-4,6-7,9,11-12H2,1-2H3,(H2,19,21,22);1H. The van der Waals surface area contributed by atoms with Crippen LogP contribution in [0, 0.1) is 5.92 Å². The molecule has 2 N–H and O–H groups in total. The molecule has 2 unspecified atom stereocenters. The van der Waals surface area contributed by atoms with E-state index in [1.54, 1.807) is 0 Å². The molecule has 2 aliphatic rings. The van der Waals surface area contributed by atoms with Crippen LogP contribution in [0.2, 0.25) is 0 Å². The van der Waals surface area contributed by atoms with E-state index in [-0.39, 0.29) is 24.0 Å². The van der Waals surface area contributed by atoms with Gasteiger partial charge in [-0.15, -0.1) is 24.0 Å². The Morgan fingerprint density at radius 3 is 2.76 bits per heavy atom. The number of pyridine rings is 1. The number of ether oxygens (including phenoxy) is 1. The molecule has 1 aromatic heterocycles. The van der Waals surface area contributed by atoms with Gasteiger partial charge in [-0.3, -0.25) is 4.99 Å². The van der Waals surface area contributed by atoms with Crippen LogP contribution in [-0.4, -0.2) is 42.1 Å². The Balaban J connectivity index is 0.00000225. The second-order valence-corrected chi connectivity index (χ2v) is 7.83. The van der Waals surface area contributed by atoms with Crippen molar-refractivity contribution < 1.29 is 4.74 Å². The fraction of sp³-hybridized carbons (Fsp3) is 0.667. The quantitative estimate of drug-likeness (QED) is 0.359. The lowest BCUT2D eigenvalue weighted by molar-refractivity contribution is 0.288. The van der Waals surface area contributed by atoms with Gasteiger partial charge in [-0.1, -0.05) is 6.07 Å². The molecular weight excluding hydrogens is 447 g/mol. The normalized spacial score (nSPS) is 23.0. The molecule has 0 spiro atoms. The molecule has 0 aromatic carbocycles. The molecule has 2 fully saturated rings. The van der Waals surface area contributed by atoms with Gasteiger partial charge in [0.2, 0.25) is 5.88 Å². The Kier molecular flexibility index (Phi) is 8.61. The third-order valence-corrected chi connectivity index (χ3v) is 5.80. The van der Waals surface area contributed by atoms with Crippen molar-refractivity contribution in [2.24, 2.45) is 10.9 Å². The maximum atomic E-state index is 5.67. The molecule has 0 amide bonds. The van der Waals surface area contributed by atoms with Gasteiger partial charge in [0.05, 0.1) is 6.61 Å². The molecule has 7 heteroatoms. The molecule has 25 heavy (non-hydrogen) atoms. The van der Waals surface area contributed by atoms with E-state index in [1.165, 1.54) is 32.1 Å². The molecule has 2 saturated carbocycles. The number of nitrogens with one attached hydrogen (secondary N) is 2. The van der Waals surface area contributed by atoms with Crippen LogP contribution in [0.1, 0.15) is 37.7 Å². The van der Waals surface area contributed by atoms with Crippen molar-refractivity contribution >= 4 is 41.7 Å². The molecule has 2 atom stereocenters. The maximum Gasteiger partial charge on any atom is 0.213 e. The van der Waals surface area contributed by atoms with Crippen LogP contribution in [0.15, 0.2) is 23.3 Å². The third-order valence-electron chi connectivity index (χ3n) is 4.70. The van der Waals surface area contributed by atoms with E-state index in [0.29, 0.717) is 12.6 Å². The summed E-state index contributed by atoms with van der Waals surface area (Å²) >= 11 is 1.97. The second kappa shape index (κ2) is 10.4. The summed E-state index contributed by atoms with van der Waals surface area (Å²) in [5.41, 5.74) is 1.13. The first-order valence-corrected chi connectivity index (χ1v) is 10.1. The first kappa shape index (κ1) is 20.6. The number of hydrogen-bond acceptors (Lipinski definition) is 4. The van der Waals surface area contributed by atoms with Gasteiger partial charge in [-0.25, -0.2) is 4.98 Å². The number of rotatable bonds is 7. The van der Waals surface area contributed by atoms with Crippen LogP contribution >= 0.6 is 35.7 Å². The van der Waals surface area contributed by atoms with Gasteiger partial charge >= 0.3 is 0 Å². The lowest BCUT2D eigenvalue weighted by atomic mass is 10.2. The van der Waals surface area contributed by atoms with E-state index >= 15 is 0 Å². The minimum Gasteiger partial charge on any atom is -0.477 e. The van der Waals surface area contributed by atoms with E-state index in [1.807, 2.05) is 31.1 Å². The van der Waals surface area contributed by atoms with Crippen LogP contribution in [0.3, 0.4) is 0 Å². The van der Waals surface area contributed by atoms with E-state index in [9.17, 15) is 0 Å². The third kappa shape index (κ3) is 6.84. The van der Waals surface area contributed by atoms with Crippen LogP contribution in [-0.2, 0) is 6.54 Å². The lowest BCUT2D eigenvalue weighted by Crippen LogP contribution is -2.42. The Hall–Kier alpha value is -0.700. The zero-order chi connectivity index (χ0) is 16.8. The van der Waals surface area contributed by atoms with Gasteiger partial charge in [-0.2, -0.15) is 11.8 Å². The van der Waals surface area contributed by atoms with Crippen molar-refractivity contribution in [2.75, 3.05) is 19.9 Å². The number of thioether (sulfide) groups is 1. The first-order chi connectivity index (χ1) is 11.8. The van der Waals surface area contributed by atoms with Crippen molar-refractivity contribution in [3.63, 3.8) is 0 Å². The zero-order valence-electron chi connectivity index (χ0n) is 15.0. The Labute approximate surface area is 172 Å². The predicted octanol–water partition coefficient (Wildman–Crippen LogP) is 3.44. The van der Waals surface area contributed by atoms with Crippen LogP contribution < -0.4 is 15.4 Å². The van der Waals surface area contributed by atoms with E-state index < -0.39 is 0 Å². The first-order valence-electron chi connectivity index (χ1n) is 8.84. The van der Waals surface area contributed by atoms with E-state index in [2.05, 4.69) is 32.9 Å². The lowest BCUT2D eigenvalue weighted by Gasteiger charge is -2.17. The zero-order valence-corrected chi connectivity index (χ0v) is 18.2. The van der Waals surface area contributed by atoms with Crippen molar-refractivity contribution in [1.29, 1.82) is 0 Å². The molecule has 5 nitrogen and oxygen atoms in total. The summed E-state index contributed by atoms with van der Waals surface area (Å²) in [6.45, 7) is 1.52. The van der Waals surface area contributed by atoms with Crippen molar-refractivity contribution in [2.45, 2.75) is 49.9 Å². The minimum atomic E-state index is 0. The highest BCUT2D eigenvalue weighted by Crippen LogP contribution is 2.29. The average Bonchev–Trinajstić information content (AvgIpc) is 3.34. The summed E-state index contributed by atoms with van der Waals surface area (Å²) in [6, 6.07) is 4.55. The number of halogens is 1. The molecule has 0 radical (unpaired) electrons. The number of aliphatic imine (C=N–C) groups is 1. The molecule has 0 bridgehead atoms. The largest absolute Gasteiger partial charge is 0.477 e. The Morgan fingerprint density at radius 2 is 2.16 bits per heavy atom. The molecular formula is C18H29IN4OS. The van der Waals surface area contributed by atoms with Gasteiger partial charge in [-0.05, 0) is 49.8 Å². The van der Waals surface area contributed by atoms with Crippen LogP contribution in [0.5, 0.6) is 5.88 Å². The predicted molar refractivity (Wildman–Crippen MR) is 116 cm³/mol. The summed E-state index contributed by atoms with van der Waals surface area (Å²) < 4.78 is 5.67. The number of aromatic nitrogens is 1. The molecule has 0 saturated heterocycles. The monoisotopic (exact) mass is 476 g/mol. The highest BCUT2D eigenvalue weighted by molar-refractivity contribution is 14.0. The van der Waals surface area contributed by atoms with Gasteiger partial charge in [0.25, 0.3) is 0 Å². The summed E-state index contributed by atoms with van der Waals surface area (Å²) in [6.07, 6.45) is 10.4. The topological polar surface area (TPSA) is 58.5 Å². The smallest absolute Gasteiger partial charge is 0.213 e. The van der Waals surface area contributed by atoms with Crippen molar-refractivity contribution in [3.05, 3.63) is 23.9 Å². The molecule has 1 heterocycles. The second-order valence-electron chi connectivity index (χ2n) is 6.70. The summed E-state index contributed by atoms with van der Waals surface area (Å²) in [7, 11) is 1.82. The number of nitrogens with zero attached hydrogens (tertiary/aromatic N) is 2. The molecule has 0 aliphatic heterocycles. The van der Waals surface area contributed by atoms with Gasteiger partial charge in [0.1, 0.15) is 0 Å². The van der Waals surface area contributed by atoms with Crippen LogP contribution in [0.4, 0.5) is 0 Å². The van der Waals surface area contributed by atoms with Gasteiger partial charge in [0.15, 0.2) is 5.96 Å². The summed E-state index contributed by atoms with van der Waals surface area (Å²) in [4.78, 5) is 8.71. The fourth-order valence-corrected chi connectivity index (χ4v) is 3.74. The van der Waals surface area contributed by atoms with Crippen molar-refractivity contribution in [3.8, 4) is 5.88 Å². The average molecular weight is 476 g/mol.